The Morgan fingerprint density at radius 3 is 2.24 bits per heavy atom. The van der Waals surface area contributed by atoms with Crippen LogP contribution in [-0.2, 0) is 23.9 Å². The molecule has 1 heterocycles. The number of carbonyl (C=O) groups excluding carboxylic acids is 2. The average molecular weight is 566 g/mol. The quantitative estimate of drug-likeness (QED) is 0.224. The number of alkyl halides is 3. The van der Waals surface area contributed by atoms with Gasteiger partial charge in [-0.1, -0.05) is 44.2 Å². The Balaban J connectivity index is 1.55. The Bertz CT molecular complexity index is 1460. The lowest BCUT2D eigenvalue weighted by molar-refractivity contribution is -0.137. The minimum Gasteiger partial charge on any atom is -0.497 e. The van der Waals surface area contributed by atoms with E-state index in [-0.39, 0.29) is 30.5 Å². The molecule has 0 fully saturated rings. The molecule has 1 aromatic heterocycles. The van der Waals surface area contributed by atoms with Crippen molar-refractivity contribution in [2.24, 2.45) is 5.92 Å². The van der Waals surface area contributed by atoms with Crippen LogP contribution in [0.15, 0.2) is 79.0 Å². The van der Waals surface area contributed by atoms with E-state index in [4.69, 9.17) is 4.74 Å². The van der Waals surface area contributed by atoms with Gasteiger partial charge in [-0.3, -0.25) is 9.59 Å². The van der Waals surface area contributed by atoms with Crippen LogP contribution in [-0.4, -0.2) is 53.3 Å². The maximum atomic E-state index is 13.8. The van der Waals surface area contributed by atoms with Gasteiger partial charge >= 0.3 is 6.18 Å². The number of amides is 2. The lowest BCUT2D eigenvalue weighted by atomic mass is 10.1. The number of aromatic nitrogens is 1. The highest BCUT2D eigenvalue weighted by Crippen LogP contribution is 2.29. The largest absolute Gasteiger partial charge is 0.497 e. The number of nitrogens with one attached hydrogen (secondary N) is 1. The molecule has 4 aromatic rings. The minimum absolute atomic E-state index is 0.0439. The number of benzene rings is 3. The fraction of sp³-hybridized carbons (Fsp3) is 0.312. The number of hydrogen-bond acceptors (Lipinski definition) is 3. The van der Waals surface area contributed by atoms with Gasteiger partial charge in [-0.05, 0) is 65.9 Å². The highest BCUT2D eigenvalue weighted by atomic mass is 19.4. The second-order valence-electron chi connectivity index (χ2n) is 10.4. The number of hydrogen-bond donors (Lipinski definition) is 1. The predicted octanol–water partition coefficient (Wildman–Crippen LogP) is 6.57. The van der Waals surface area contributed by atoms with Gasteiger partial charge in [0, 0.05) is 42.3 Å². The number of carbonyl (C=O) groups is 2. The molecule has 1 N–H and O–H groups in total. The maximum absolute atomic E-state index is 13.8. The molecule has 0 bridgehead atoms. The molecule has 0 radical (unpaired) electrons. The zero-order valence-electron chi connectivity index (χ0n) is 23.4. The fourth-order valence-electron chi connectivity index (χ4n) is 4.74. The molecular formula is C32H34F3N3O3. The van der Waals surface area contributed by atoms with E-state index in [1.165, 1.54) is 4.90 Å². The Kier molecular flexibility index (Phi) is 9.37. The van der Waals surface area contributed by atoms with Gasteiger partial charge in [-0.2, -0.15) is 13.2 Å². The molecule has 0 atom stereocenters. The topological polar surface area (TPSA) is 65.6 Å². The number of halogens is 3. The summed E-state index contributed by atoms with van der Waals surface area (Å²) in [7, 11) is 1.59. The van der Waals surface area contributed by atoms with E-state index in [0.29, 0.717) is 25.3 Å². The number of rotatable bonds is 11. The predicted molar refractivity (Wildman–Crippen MR) is 153 cm³/mol. The van der Waals surface area contributed by atoms with Crippen LogP contribution in [0, 0.1) is 5.92 Å². The van der Waals surface area contributed by atoms with Gasteiger partial charge in [-0.25, -0.2) is 0 Å². The standard InChI is InChI=1S/C32H34F3N3O3/c1-22(2)19-38(31(40)24-10-12-26(13-11-24)32(33,34)35)21-30(39)37(20-23-8-14-27(41-3)15-9-23)17-16-25-18-36-29-7-5-4-6-28(25)29/h4-15,18,22,36H,16-17,19-21H2,1-3H3. The zero-order valence-corrected chi connectivity index (χ0v) is 23.4. The molecule has 4 rings (SSSR count). The smallest absolute Gasteiger partial charge is 0.416 e. The van der Waals surface area contributed by atoms with E-state index < -0.39 is 17.6 Å². The minimum atomic E-state index is -4.50. The highest BCUT2D eigenvalue weighted by molar-refractivity contribution is 5.96. The summed E-state index contributed by atoms with van der Waals surface area (Å²) in [4.78, 5) is 33.5. The summed E-state index contributed by atoms with van der Waals surface area (Å²) in [6, 6.07) is 19.5. The molecule has 9 heteroatoms. The molecule has 216 valence electrons. The van der Waals surface area contributed by atoms with Crippen LogP contribution in [0.1, 0.15) is 40.9 Å². The molecule has 0 saturated heterocycles. The van der Waals surface area contributed by atoms with Crippen molar-refractivity contribution in [3.05, 3.63) is 101 Å². The van der Waals surface area contributed by atoms with Crippen molar-refractivity contribution in [1.29, 1.82) is 0 Å². The van der Waals surface area contributed by atoms with Crippen molar-refractivity contribution in [3.8, 4) is 5.75 Å². The normalized spacial score (nSPS) is 11.6. The van der Waals surface area contributed by atoms with Crippen LogP contribution in [0.25, 0.3) is 10.9 Å². The van der Waals surface area contributed by atoms with Crippen molar-refractivity contribution in [2.45, 2.75) is 33.0 Å². The molecular weight excluding hydrogens is 531 g/mol. The summed E-state index contributed by atoms with van der Waals surface area (Å²) in [6.45, 7) is 4.67. The fourth-order valence-corrected chi connectivity index (χ4v) is 4.74. The second kappa shape index (κ2) is 12.9. The Labute approximate surface area is 237 Å². The number of methoxy groups -OCH3 is 1. The summed E-state index contributed by atoms with van der Waals surface area (Å²) in [5, 5.41) is 1.09. The summed E-state index contributed by atoms with van der Waals surface area (Å²) in [6.07, 6.45) is -1.95. The van der Waals surface area contributed by atoms with E-state index in [1.807, 2.05) is 68.6 Å². The average Bonchev–Trinajstić information content (AvgIpc) is 3.37. The number of para-hydroxylation sites is 1. The van der Waals surface area contributed by atoms with Gasteiger partial charge in [0.2, 0.25) is 5.91 Å². The van der Waals surface area contributed by atoms with E-state index in [9.17, 15) is 22.8 Å². The van der Waals surface area contributed by atoms with Gasteiger partial charge < -0.3 is 19.5 Å². The molecule has 6 nitrogen and oxygen atoms in total. The summed E-state index contributed by atoms with van der Waals surface area (Å²) in [5.41, 5.74) is 2.27. The molecule has 0 aliphatic heterocycles. The molecule has 0 saturated carbocycles. The van der Waals surface area contributed by atoms with E-state index in [0.717, 1.165) is 46.3 Å². The third kappa shape index (κ3) is 7.68. The molecule has 2 amide bonds. The van der Waals surface area contributed by atoms with Gasteiger partial charge in [0.05, 0.1) is 12.7 Å². The molecule has 41 heavy (non-hydrogen) atoms. The third-order valence-electron chi connectivity index (χ3n) is 6.87. The lowest BCUT2D eigenvalue weighted by Gasteiger charge is -2.29. The molecule has 3 aromatic carbocycles. The van der Waals surface area contributed by atoms with Crippen LogP contribution in [0.4, 0.5) is 13.2 Å². The first kappa shape index (κ1) is 29.7. The van der Waals surface area contributed by atoms with E-state index >= 15 is 0 Å². The number of aromatic amines is 1. The molecule has 0 aliphatic carbocycles. The van der Waals surface area contributed by atoms with Crippen LogP contribution in [0.3, 0.4) is 0 Å². The van der Waals surface area contributed by atoms with Crippen LogP contribution in [0.2, 0.25) is 0 Å². The van der Waals surface area contributed by atoms with Crippen molar-refractivity contribution in [2.75, 3.05) is 26.7 Å². The molecule has 0 spiro atoms. The maximum Gasteiger partial charge on any atom is 0.416 e. The summed E-state index contributed by atoms with van der Waals surface area (Å²) in [5.74, 6) is 0.0153. The van der Waals surface area contributed by atoms with Gasteiger partial charge in [0.15, 0.2) is 0 Å². The monoisotopic (exact) mass is 565 g/mol. The number of nitrogens with zero attached hydrogens (tertiary/aromatic N) is 2. The van der Waals surface area contributed by atoms with Crippen LogP contribution >= 0.6 is 0 Å². The van der Waals surface area contributed by atoms with Crippen molar-refractivity contribution < 1.29 is 27.5 Å². The summed E-state index contributed by atoms with van der Waals surface area (Å²) < 4.78 is 44.4. The Morgan fingerprint density at radius 1 is 0.927 bits per heavy atom. The van der Waals surface area contributed by atoms with Crippen LogP contribution in [0.5, 0.6) is 5.75 Å². The van der Waals surface area contributed by atoms with Crippen molar-refractivity contribution >= 4 is 22.7 Å². The van der Waals surface area contributed by atoms with Crippen LogP contribution < -0.4 is 4.74 Å². The van der Waals surface area contributed by atoms with Gasteiger partial charge in [0.1, 0.15) is 12.3 Å². The van der Waals surface area contributed by atoms with Gasteiger partial charge in [0.25, 0.3) is 5.91 Å². The second-order valence-corrected chi connectivity index (χ2v) is 10.4. The Morgan fingerprint density at radius 2 is 1.61 bits per heavy atom. The third-order valence-corrected chi connectivity index (χ3v) is 6.87. The first-order valence-corrected chi connectivity index (χ1v) is 13.5. The first-order valence-electron chi connectivity index (χ1n) is 13.5. The number of fused-ring (bicyclic) bond motifs is 1. The van der Waals surface area contributed by atoms with E-state index in [2.05, 4.69) is 4.98 Å². The number of ether oxygens (including phenoxy) is 1. The highest BCUT2D eigenvalue weighted by Gasteiger charge is 2.31. The van der Waals surface area contributed by atoms with Crippen molar-refractivity contribution in [3.63, 3.8) is 0 Å². The number of H-pyrrole nitrogens is 1. The molecule has 0 aliphatic rings. The summed E-state index contributed by atoms with van der Waals surface area (Å²) >= 11 is 0. The zero-order chi connectivity index (χ0) is 29.6. The van der Waals surface area contributed by atoms with Crippen molar-refractivity contribution in [1.82, 2.24) is 14.8 Å². The lowest BCUT2D eigenvalue weighted by Crippen LogP contribution is -2.44. The first-order chi connectivity index (χ1) is 19.5. The van der Waals surface area contributed by atoms with E-state index in [1.54, 1.807) is 12.0 Å². The molecule has 0 unspecified atom stereocenters. The SMILES string of the molecule is COc1ccc(CN(CCc2c[nH]c3ccccc23)C(=O)CN(CC(C)C)C(=O)c2ccc(C(F)(F)F)cc2)cc1. The van der Waals surface area contributed by atoms with Gasteiger partial charge in [-0.15, -0.1) is 0 Å². The Hall–Kier alpha value is -4.27.